The predicted molar refractivity (Wildman–Crippen MR) is 92.0 cm³/mol. The number of hydrogen-bond donors (Lipinski definition) is 4. The zero-order valence-electron chi connectivity index (χ0n) is 13.6. The molecule has 0 bridgehead atoms. The molecule has 0 aliphatic heterocycles. The Bertz CT molecular complexity index is 739. The normalized spacial score (nSPS) is 10.6. The summed E-state index contributed by atoms with van der Waals surface area (Å²) >= 11 is 0. The van der Waals surface area contributed by atoms with Crippen LogP contribution in [0.3, 0.4) is 0 Å². The second-order valence-corrected chi connectivity index (χ2v) is 5.47. The summed E-state index contributed by atoms with van der Waals surface area (Å²) in [4.78, 5) is 27.6. The molecule has 0 aliphatic rings. The summed E-state index contributed by atoms with van der Waals surface area (Å²) in [5.74, 6) is 0.141. The smallest absolute Gasteiger partial charge is 0.317 e. The average Bonchev–Trinajstić information content (AvgIpc) is 2.90. The highest BCUT2D eigenvalue weighted by molar-refractivity contribution is 6.03. The molecule has 1 aromatic heterocycles. The van der Waals surface area contributed by atoms with E-state index in [4.69, 9.17) is 16.2 Å². The molecule has 0 spiro atoms. The lowest BCUT2D eigenvalue weighted by Gasteiger charge is -2.13. The van der Waals surface area contributed by atoms with E-state index in [0.717, 1.165) is 12.1 Å². The van der Waals surface area contributed by atoms with Crippen LogP contribution >= 0.6 is 0 Å². The van der Waals surface area contributed by atoms with Crippen LogP contribution in [0.25, 0.3) is 11.3 Å². The maximum absolute atomic E-state index is 11.6. The lowest BCUT2D eigenvalue weighted by molar-refractivity contribution is 0.100. The number of aromatic nitrogens is 1. The van der Waals surface area contributed by atoms with Crippen LogP contribution in [0.4, 0.5) is 10.6 Å². The molecule has 1 aromatic carbocycles. The van der Waals surface area contributed by atoms with Gasteiger partial charge in [0.25, 0.3) is 5.91 Å². The number of H-pyrrole nitrogens is 1. The minimum absolute atomic E-state index is 0.145. The highest BCUT2D eigenvalue weighted by Crippen LogP contribution is 2.32. The monoisotopic (exact) mass is 331 g/mol. The van der Waals surface area contributed by atoms with E-state index in [-0.39, 0.29) is 11.4 Å². The van der Waals surface area contributed by atoms with E-state index in [1.165, 1.54) is 0 Å². The zero-order chi connectivity index (χ0) is 17.7. The van der Waals surface area contributed by atoms with Gasteiger partial charge in [0.05, 0.1) is 11.3 Å². The molecule has 0 saturated carbocycles. The number of nitrogens with one attached hydrogen (secondary N) is 2. The lowest BCUT2D eigenvalue weighted by atomic mass is 10.1. The number of aromatic amines is 1. The Morgan fingerprint density at radius 3 is 2.58 bits per heavy atom. The minimum atomic E-state index is -0.790. The summed E-state index contributed by atoms with van der Waals surface area (Å²) in [6.07, 6.45) is 0. The van der Waals surface area contributed by atoms with E-state index >= 15 is 0 Å². The molecule has 0 atom stereocenters. The van der Waals surface area contributed by atoms with E-state index < -0.39 is 11.9 Å². The lowest BCUT2D eigenvalue weighted by Crippen LogP contribution is -2.22. The third kappa shape index (κ3) is 4.26. The molecule has 2 rings (SSSR count). The molecular weight excluding hydrogens is 310 g/mol. The number of hydrogen-bond acceptors (Lipinski definition) is 4. The summed E-state index contributed by atoms with van der Waals surface area (Å²) in [5.41, 5.74) is 11.9. The fourth-order valence-corrected chi connectivity index (χ4v) is 2.17. The molecule has 0 aliphatic carbocycles. The molecule has 0 radical (unpaired) electrons. The Morgan fingerprint density at radius 2 is 1.96 bits per heavy atom. The number of primary amides is 2. The van der Waals surface area contributed by atoms with Crippen LogP contribution in [0, 0.1) is 0 Å². The van der Waals surface area contributed by atoms with Crippen molar-refractivity contribution in [2.45, 2.75) is 0 Å². The highest BCUT2D eigenvalue weighted by atomic mass is 16.5. The number of benzene rings is 1. The van der Waals surface area contributed by atoms with Crippen molar-refractivity contribution in [3.05, 3.63) is 35.9 Å². The number of para-hydroxylation sites is 1. The quantitative estimate of drug-likeness (QED) is 0.608. The molecule has 0 saturated heterocycles. The Balaban J connectivity index is 2.34. The molecule has 6 N–H and O–H groups in total. The Kier molecular flexibility index (Phi) is 5.43. The number of carbonyl (C=O) groups is 2. The third-order valence-electron chi connectivity index (χ3n) is 3.30. The summed E-state index contributed by atoms with van der Waals surface area (Å²) < 4.78 is 5.80. The maximum atomic E-state index is 11.6. The first-order valence-corrected chi connectivity index (χ1v) is 7.34. The number of nitrogens with two attached hydrogens (primary N) is 2. The van der Waals surface area contributed by atoms with Crippen molar-refractivity contribution in [3.8, 4) is 17.0 Å². The number of nitrogens with zero attached hydrogens (tertiary/aromatic N) is 1. The topological polar surface area (TPSA) is 126 Å². The molecule has 24 heavy (non-hydrogen) atoms. The van der Waals surface area contributed by atoms with Gasteiger partial charge in [0.1, 0.15) is 18.2 Å². The molecule has 8 heteroatoms. The summed E-state index contributed by atoms with van der Waals surface area (Å²) in [5, 5.41) is 2.36. The first-order chi connectivity index (χ1) is 11.4. The fraction of sp³-hybridized carbons (Fsp3) is 0.250. The Morgan fingerprint density at radius 1 is 1.25 bits per heavy atom. The van der Waals surface area contributed by atoms with Crippen LogP contribution < -0.4 is 21.5 Å². The van der Waals surface area contributed by atoms with Gasteiger partial charge < -0.3 is 26.1 Å². The van der Waals surface area contributed by atoms with Gasteiger partial charge in [-0.25, -0.2) is 4.79 Å². The van der Waals surface area contributed by atoms with Crippen molar-refractivity contribution in [3.63, 3.8) is 0 Å². The van der Waals surface area contributed by atoms with Gasteiger partial charge in [0, 0.05) is 12.1 Å². The number of anilines is 1. The molecule has 1 heterocycles. The van der Waals surface area contributed by atoms with Gasteiger partial charge in [0.2, 0.25) is 0 Å². The van der Waals surface area contributed by atoms with Crippen LogP contribution in [0.1, 0.15) is 10.4 Å². The van der Waals surface area contributed by atoms with Gasteiger partial charge in [-0.2, -0.15) is 0 Å². The fourth-order valence-electron chi connectivity index (χ4n) is 2.17. The molecule has 8 nitrogen and oxygen atoms in total. The van der Waals surface area contributed by atoms with Crippen molar-refractivity contribution < 1.29 is 14.3 Å². The molecular formula is C16H21N5O3. The van der Waals surface area contributed by atoms with Gasteiger partial charge in [0.15, 0.2) is 0 Å². The van der Waals surface area contributed by atoms with E-state index in [1.54, 1.807) is 6.07 Å². The standard InChI is InChI=1S/C16H21N5O3/c1-21(2)7-8-24-13-6-4-3-5-10(13)12-9-11(14(17)22)15(19-12)20-16(18)23/h3-6,9,19H,7-8H2,1-2H3,(H2,17,22)(H3,18,20,23). The first-order valence-electron chi connectivity index (χ1n) is 7.34. The first kappa shape index (κ1) is 17.4. The average molecular weight is 331 g/mol. The van der Waals surface area contributed by atoms with Crippen molar-refractivity contribution in [2.24, 2.45) is 11.5 Å². The number of urea groups is 1. The second kappa shape index (κ2) is 7.51. The van der Waals surface area contributed by atoms with Crippen molar-refractivity contribution >= 4 is 17.8 Å². The van der Waals surface area contributed by atoms with Gasteiger partial charge in [-0.3, -0.25) is 10.1 Å². The second-order valence-electron chi connectivity index (χ2n) is 5.47. The van der Waals surface area contributed by atoms with E-state index in [0.29, 0.717) is 18.1 Å². The number of rotatable bonds is 7. The van der Waals surface area contributed by atoms with Crippen LogP contribution in [0.15, 0.2) is 30.3 Å². The van der Waals surface area contributed by atoms with Crippen LogP contribution in [0.2, 0.25) is 0 Å². The Hall–Kier alpha value is -3.00. The van der Waals surface area contributed by atoms with Gasteiger partial charge in [-0.05, 0) is 32.3 Å². The van der Waals surface area contributed by atoms with Gasteiger partial charge in [-0.15, -0.1) is 0 Å². The minimum Gasteiger partial charge on any atom is -0.492 e. The van der Waals surface area contributed by atoms with Crippen LogP contribution in [-0.2, 0) is 0 Å². The van der Waals surface area contributed by atoms with Crippen molar-refractivity contribution in [1.29, 1.82) is 0 Å². The number of carbonyl (C=O) groups excluding carboxylic acids is 2. The highest BCUT2D eigenvalue weighted by Gasteiger charge is 2.17. The van der Waals surface area contributed by atoms with Crippen LogP contribution in [-0.4, -0.2) is 49.1 Å². The van der Waals surface area contributed by atoms with Gasteiger partial charge in [-0.1, -0.05) is 12.1 Å². The van der Waals surface area contributed by atoms with Crippen molar-refractivity contribution in [2.75, 3.05) is 32.6 Å². The molecule has 2 aromatic rings. The SMILES string of the molecule is CN(C)CCOc1ccccc1-c1cc(C(N)=O)c(NC(N)=O)[nH]1. The summed E-state index contributed by atoms with van der Waals surface area (Å²) in [7, 11) is 3.92. The number of likely N-dealkylation sites (N-methyl/N-ethyl adjacent to an activating group) is 1. The Labute approximate surface area is 139 Å². The number of ether oxygens (including phenoxy) is 1. The zero-order valence-corrected chi connectivity index (χ0v) is 13.6. The summed E-state index contributed by atoms with van der Waals surface area (Å²) in [6, 6.07) is 8.14. The van der Waals surface area contributed by atoms with E-state index in [2.05, 4.69) is 10.3 Å². The third-order valence-corrected chi connectivity index (χ3v) is 3.30. The molecule has 0 fully saturated rings. The van der Waals surface area contributed by atoms with E-state index in [1.807, 2.05) is 43.3 Å². The molecule has 128 valence electrons. The van der Waals surface area contributed by atoms with E-state index in [9.17, 15) is 9.59 Å². The molecule has 3 amide bonds. The van der Waals surface area contributed by atoms with Crippen LogP contribution in [0.5, 0.6) is 5.75 Å². The van der Waals surface area contributed by atoms with Gasteiger partial charge >= 0.3 is 6.03 Å². The largest absolute Gasteiger partial charge is 0.492 e. The van der Waals surface area contributed by atoms with Crippen molar-refractivity contribution in [1.82, 2.24) is 9.88 Å². The molecule has 0 unspecified atom stereocenters. The maximum Gasteiger partial charge on any atom is 0.317 e. The summed E-state index contributed by atoms with van der Waals surface area (Å²) in [6.45, 7) is 1.28. The predicted octanol–water partition coefficient (Wildman–Crippen LogP) is 1.21. The number of amides is 3.